The molecule has 5 nitrogen and oxygen atoms in total. The fraction of sp³-hybridized carbons (Fsp3) is 0.0870. The Morgan fingerprint density at radius 3 is 2.43 bits per heavy atom. The molecule has 0 atom stereocenters. The van der Waals surface area contributed by atoms with Crippen LogP contribution in [0, 0.1) is 16.5 Å². The first-order chi connectivity index (χ1) is 13.7. The van der Waals surface area contributed by atoms with Gasteiger partial charge in [0, 0.05) is 35.5 Å². The van der Waals surface area contributed by atoms with Crippen LogP contribution in [0.15, 0.2) is 85.5 Å². The predicted molar refractivity (Wildman–Crippen MR) is 106 cm³/mol. The summed E-state index contributed by atoms with van der Waals surface area (Å²) in [7, 11) is 0. The van der Waals surface area contributed by atoms with E-state index in [0.29, 0.717) is 24.2 Å². The maximum absolute atomic E-state index is 12.5. The van der Waals surface area contributed by atoms with Crippen molar-refractivity contribution >= 4 is 0 Å². The molecule has 2 aromatic heterocycles. The Bertz CT molecular complexity index is 1130. The zero-order valence-corrected chi connectivity index (χ0v) is 15.2. The van der Waals surface area contributed by atoms with Crippen LogP contribution >= 0.6 is 0 Å². The minimum absolute atomic E-state index is 0.572. The van der Waals surface area contributed by atoms with Crippen LogP contribution in [0.4, 0.5) is 0 Å². The van der Waals surface area contributed by atoms with Crippen molar-refractivity contribution < 1.29 is 4.73 Å². The molecular weight excluding hydrogens is 348 g/mol. The first-order valence-corrected chi connectivity index (χ1v) is 8.98. The summed E-state index contributed by atoms with van der Waals surface area (Å²) in [6.45, 7) is 0.572. The average Bonchev–Trinajstić information content (AvgIpc) is 3.16. The van der Waals surface area contributed by atoms with Gasteiger partial charge in [0.05, 0.1) is 24.5 Å². The van der Waals surface area contributed by atoms with Gasteiger partial charge in [-0.25, -0.2) is 4.98 Å². The predicted octanol–water partition coefficient (Wildman–Crippen LogP) is 3.69. The lowest BCUT2D eigenvalue weighted by Crippen LogP contribution is -2.29. The molecule has 0 N–H and O–H groups in total. The van der Waals surface area contributed by atoms with E-state index >= 15 is 0 Å². The van der Waals surface area contributed by atoms with E-state index < -0.39 is 0 Å². The molecule has 2 aromatic carbocycles. The van der Waals surface area contributed by atoms with Crippen LogP contribution < -0.4 is 4.73 Å². The molecule has 0 saturated heterocycles. The largest absolute Gasteiger partial charge is 0.618 e. The molecule has 0 radical (unpaired) electrons. The Kier molecular flexibility index (Phi) is 4.85. The van der Waals surface area contributed by atoms with E-state index in [0.717, 1.165) is 27.1 Å². The van der Waals surface area contributed by atoms with Crippen molar-refractivity contribution in [3.63, 3.8) is 0 Å². The van der Waals surface area contributed by atoms with Gasteiger partial charge in [-0.05, 0) is 35.9 Å². The number of aromatic nitrogens is 3. The zero-order chi connectivity index (χ0) is 19.3. The highest BCUT2D eigenvalue weighted by atomic mass is 16.5. The van der Waals surface area contributed by atoms with Gasteiger partial charge < -0.3 is 9.77 Å². The Balaban J connectivity index is 1.53. The third-order valence-corrected chi connectivity index (χ3v) is 4.67. The summed E-state index contributed by atoms with van der Waals surface area (Å²) >= 11 is 0. The molecule has 0 saturated carbocycles. The SMILES string of the molecule is N#Cc1ccc(Cc2cncn2Cc2ccc(-c3ccccc3)[n+]([O-])c2)cc1. The standard InChI is InChI=1S/C23H18N4O/c24-13-19-8-6-18(7-9-19)12-22-14-25-17-26(22)15-20-10-11-23(27(28)16-20)21-4-2-1-3-5-21/h1-11,14,16-17H,12,15H2. The lowest BCUT2D eigenvalue weighted by Gasteiger charge is -2.10. The van der Waals surface area contributed by atoms with Crippen molar-refractivity contribution in [2.45, 2.75) is 13.0 Å². The molecule has 4 rings (SSSR count). The van der Waals surface area contributed by atoms with Gasteiger partial charge in [-0.3, -0.25) is 0 Å². The van der Waals surface area contributed by atoms with Gasteiger partial charge in [-0.1, -0.05) is 30.3 Å². The molecule has 0 amide bonds. The molecule has 0 aliphatic heterocycles. The van der Waals surface area contributed by atoms with Crippen LogP contribution in [0.25, 0.3) is 11.3 Å². The molecule has 136 valence electrons. The molecule has 0 spiro atoms. The number of pyridine rings is 1. The summed E-state index contributed by atoms with van der Waals surface area (Å²) in [5, 5.41) is 21.4. The summed E-state index contributed by atoms with van der Waals surface area (Å²) in [6.07, 6.45) is 5.94. The second-order valence-electron chi connectivity index (χ2n) is 6.61. The monoisotopic (exact) mass is 366 g/mol. The van der Waals surface area contributed by atoms with Gasteiger partial charge in [0.15, 0.2) is 6.20 Å². The molecule has 0 aliphatic carbocycles. The fourth-order valence-corrected chi connectivity index (χ4v) is 3.19. The van der Waals surface area contributed by atoms with Crippen LogP contribution in [0.5, 0.6) is 0 Å². The normalized spacial score (nSPS) is 10.5. The van der Waals surface area contributed by atoms with Crippen LogP contribution in [0.2, 0.25) is 0 Å². The highest BCUT2D eigenvalue weighted by Gasteiger charge is 2.11. The van der Waals surface area contributed by atoms with E-state index in [4.69, 9.17) is 5.26 Å². The van der Waals surface area contributed by atoms with Crippen molar-refractivity contribution in [3.05, 3.63) is 113 Å². The maximum Gasteiger partial charge on any atom is 0.223 e. The molecule has 0 bridgehead atoms. The molecular formula is C23H18N4O. The number of hydrogen-bond donors (Lipinski definition) is 0. The summed E-state index contributed by atoms with van der Waals surface area (Å²) in [4.78, 5) is 4.26. The first kappa shape index (κ1) is 17.5. The molecule has 4 aromatic rings. The quantitative estimate of drug-likeness (QED) is 0.399. The van der Waals surface area contributed by atoms with Crippen LogP contribution in [0.3, 0.4) is 0 Å². The minimum Gasteiger partial charge on any atom is -0.618 e. The van der Waals surface area contributed by atoms with E-state index in [9.17, 15) is 5.21 Å². The van der Waals surface area contributed by atoms with Crippen molar-refractivity contribution in [2.75, 3.05) is 0 Å². The Labute approximate surface area is 163 Å². The molecule has 0 fully saturated rings. The summed E-state index contributed by atoms with van der Waals surface area (Å²) in [5.74, 6) is 0. The second kappa shape index (κ2) is 7.77. The van der Waals surface area contributed by atoms with E-state index in [-0.39, 0.29) is 0 Å². The van der Waals surface area contributed by atoms with Gasteiger partial charge >= 0.3 is 0 Å². The topological polar surface area (TPSA) is 68.5 Å². The third-order valence-electron chi connectivity index (χ3n) is 4.67. The number of rotatable bonds is 5. The maximum atomic E-state index is 12.5. The van der Waals surface area contributed by atoms with Crippen LogP contribution in [-0.4, -0.2) is 9.55 Å². The van der Waals surface area contributed by atoms with Crippen molar-refractivity contribution in [2.24, 2.45) is 0 Å². The van der Waals surface area contributed by atoms with Gasteiger partial charge in [0.25, 0.3) is 0 Å². The second-order valence-corrected chi connectivity index (χ2v) is 6.61. The Morgan fingerprint density at radius 1 is 0.964 bits per heavy atom. The van der Waals surface area contributed by atoms with E-state index in [2.05, 4.69) is 11.1 Å². The van der Waals surface area contributed by atoms with E-state index in [1.807, 2.05) is 77.5 Å². The minimum atomic E-state index is 0.572. The Hall–Kier alpha value is -3.91. The number of imidazole rings is 1. The van der Waals surface area contributed by atoms with Gasteiger partial charge in [0.1, 0.15) is 0 Å². The van der Waals surface area contributed by atoms with Gasteiger partial charge in [-0.2, -0.15) is 9.99 Å². The third kappa shape index (κ3) is 3.76. The number of benzene rings is 2. The number of hydrogen-bond acceptors (Lipinski definition) is 3. The molecule has 28 heavy (non-hydrogen) atoms. The molecule has 5 heteroatoms. The van der Waals surface area contributed by atoms with Crippen LogP contribution in [0.1, 0.15) is 22.4 Å². The van der Waals surface area contributed by atoms with Gasteiger partial charge in [0.2, 0.25) is 5.69 Å². The fourth-order valence-electron chi connectivity index (χ4n) is 3.19. The highest BCUT2D eigenvalue weighted by Crippen LogP contribution is 2.16. The number of nitrogens with zero attached hydrogens (tertiary/aromatic N) is 4. The average molecular weight is 366 g/mol. The summed E-state index contributed by atoms with van der Waals surface area (Å²) in [5.41, 5.74) is 5.25. The van der Waals surface area contributed by atoms with Crippen molar-refractivity contribution in [3.8, 4) is 17.3 Å². The van der Waals surface area contributed by atoms with E-state index in [1.54, 1.807) is 12.5 Å². The highest BCUT2D eigenvalue weighted by molar-refractivity contribution is 5.55. The molecule has 0 aliphatic rings. The summed E-state index contributed by atoms with van der Waals surface area (Å²) in [6, 6.07) is 23.1. The van der Waals surface area contributed by atoms with Crippen molar-refractivity contribution in [1.29, 1.82) is 5.26 Å². The number of nitriles is 1. The smallest absolute Gasteiger partial charge is 0.223 e. The van der Waals surface area contributed by atoms with E-state index in [1.165, 1.54) is 0 Å². The van der Waals surface area contributed by atoms with Gasteiger partial charge in [-0.15, -0.1) is 0 Å². The molecule has 2 heterocycles. The Morgan fingerprint density at radius 2 is 1.71 bits per heavy atom. The van der Waals surface area contributed by atoms with Crippen molar-refractivity contribution in [1.82, 2.24) is 9.55 Å². The summed E-state index contributed by atoms with van der Waals surface area (Å²) < 4.78 is 2.96. The zero-order valence-electron chi connectivity index (χ0n) is 15.2. The van der Waals surface area contributed by atoms with Crippen LogP contribution in [-0.2, 0) is 13.0 Å². The first-order valence-electron chi connectivity index (χ1n) is 8.98. The lowest BCUT2D eigenvalue weighted by molar-refractivity contribution is -0.594. The lowest BCUT2D eigenvalue weighted by atomic mass is 10.1. The molecule has 0 unspecified atom stereocenters.